The number of anilines is 2. The molecule has 1 saturated heterocycles. The number of nitrogens with zero attached hydrogens (tertiary/aromatic N) is 6. The fourth-order valence-electron chi connectivity index (χ4n) is 3.36. The Hall–Kier alpha value is -2.42. The van der Waals surface area contributed by atoms with Crippen LogP contribution in [0.4, 0.5) is 24.9 Å². The maximum absolute atomic E-state index is 12.7. The number of alkyl halides is 3. The Morgan fingerprint density at radius 1 is 1.14 bits per heavy atom. The van der Waals surface area contributed by atoms with E-state index >= 15 is 0 Å². The van der Waals surface area contributed by atoms with Gasteiger partial charge in [-0.15, -0.1) is 0 Å². The Morgan fingerprint density at radius 3 is 2.57 bits per heavy atom. The molecule has 0 N–H and O–H groups in total. The van der Waals surface area contributed by atoms with Gasteiger partial charge in [-0.25, -0.2) is 4.98 Å². The van der Waals surface area contributed by atoms with Crippen LogP contribution in [0.25, 0.3) is 0 Å². The Balaban J connectivity index is 1.64. The van der Waals surface area contributed by atoms with Gasteiger partial charge in [0.1, 0.15) is 11.5 Å². The quantitative estimate of drug-likeness (QED) is 0.777. The van der Waals surface area contributed by atoms with E-state index in [0.717, 1.165) is 43.4 Å². The van der Waals surface area contributed by atoms with Crippen molar-refractivity contribution in [3.8, 4) is 0 Å². The highest BCUT2D eigenvalue weighted by molar-refractivity contribution is 5.42. The van der Waals surface area contributed by atoms with Crippen molar-refractivity contribution in [2.45, 2.75) is 31.6 Å². The average Bonchev–Trinajstić information content (AvgIpc) is 2.67. The molecule has 3 heterocycles. The van der Waals surface area contributed by atoms with Crippen molar-refractivity contribution >= 4 is 11.8 Å². The zero-order valence-electron chi connectivity index (χ0n) is 16.3. The third kappa shape index (κ3) is 4.89. The summed E-state index contributed by atoms with van der Waals surface area (Å²) in [5.74, 6) is 1.52. The van der Waals surface area contributed by atoms with Gasteiger partial charge in [0.2, 0.25) is 5.95 Å². The summed E-state index contributed by atoms with van der Waals surface area (Å²) in [5.41, 5.74) is -0.0763. The van der Waals surface area contributed by atoms with E-state index in [1.54, 1.807) is 6.20 Å². The minimum atomic E-state index is -4.40. The molecule has 2 aromatic heterocycles. The molecule has 0 radical (unpaired) electrons. The number of rotatable bonds is 5. The van der Waals surface area contributed by atoms with Crippen LogP contribution in [-0.4, -0.2) is 60.1 Å². The highest BCUT2D eigenvalue weighted by Crippen LogP contribution is 2.27. The van der Waals surface area contributed by atoms with Crippen molar-refractivity contribution < 1.29 is 13.2 Å². The predicted octanol–water partition coefficient (Wildman–Crippen LogP) is 3.06. The first-order valence-corrected chi connectivity index (χ1v) is 9.21. The summed E-state index contributed by atoms with van der Waals surface area (Å²) < 4.78 is 38.0. The van der Waals surface area contributed by atoms with Gasteiger partial charge in [0.15, 0.2) is 0 Å². The first-order valence-electron chi connectivity index (χ1n) is 9.21. The van der Waals surface area contributed by atoms with E-state index in [1.165, 1.54) is 12.3 Å². The van der Waals surface area contributed by atoms with E-state index in [0.29, 0.717) is 12.5 Å². The number of aromatic nitrogens is 3. The Bertz CT molecular complexity index is 778. The second-order valence-corrected chi connectivity index (χ2v) is 7.30. The van der Waals surface area contributed by atoms with E-state index in [4.69, 9.17) is 0 Å². The molecule has 6 nitrogen and oxygen atoms in total. The molecule has 0 bridgehead atoms. The molecule has 1 aliphatic heterocycles. The van der Waals surface area contributed by atoms with Gasteiger partial charge < -0.3 is 9.80 Å². The van der Waals surface area contributed by atoms with Gasteiger partial charge in [-0.3, -0.25) is 9.88 Å². The second kappa shape index (κ2) is 8.30. The van der Waals surface area contributed by atoms with Crippen LogP contribution in [0.2, 0.25) is 0 Å². The van der Waals surface area contributed by atoms with Crippen molar-refractivity contribution in [1.82, 2.24) is 19.9 Å². The number of likely N-dealkylation sites (tertiary alicyclic amines) is 1. The smallest absolute Gasteiger partial charge is 0.363 e. The lowest BCUT2D eigenvalue weighted by molar-refractivity contribution is -0.141. The Labute approximate surface area is 163 Å². The van der Waals surface area contributed by atoms with Crippen LogP contribution in [0.3, 0.4) is 0 Å². The van der Waals surface area contributed by atoms with Gasteiger partial charge in [-0.1, -0.05) is 6.07 Å². The van der Waals surface area contributed by atoms with Crippen LogP contribution in [-0.2, 0) is 12.7 Å². The summed E-state index contributed by atoms with van der Waals surface area (Å²) in [6.45, 7) is 2.28. The molecule has 152 valence electrons. The summed E-state index contributed by atoms with van der Waals surface area (Å²) in [7, 11) is 5.86. The molecule has 1 unspecified atom stereocenters. The minimum Gasteiger partial charge on any atom is -0.363 e. The number of pyridine rings is 1. The molecule has 1 fully saturated rings. The summed E-state index contributed by atoms with van der Waals surface area (Å²) in [6.07, 6.45) is 0.700. The fraction of sp³-hybridized carbons (Fsp3) is 0.526. The van der Waals surface area contributed by atoms with E-state index in [2.05, 4.69) is 24.8 Å². The van der Waals surface area contributed by atoms with E-state index in [1.807, 2.05) is 32.1 Å². The average molecular weight is 394 g/mol. The van der Waals surface area contributed by atoms with E-state index in [-0.39, 0.29) is 6.04 Å². The van der Waals surface area contributed by atoms with Crippen LogP contribution in [0, 0.1) is 0 Å². The van der Waals surface area contributed by atoms with Crippen molar-refractivity contribution in [3.05, 3.63) is 41.9 Å². The van der Waals surface area contributed by atoms with Gasteiger partial charge in [-0.2, -0.15) is 18.2 Å². The molecule has 9 heteroatoms. The second-order valence-electron chi connectivity index (χ2n) is 7.30. The highest BCUT2D eigenvalue weighted by atomic mass is 19.4. The van der Waals surface area contributed by atoms with Gasteiger partial charge >= 0.3 is 6.18 Å². The van der Waals surface area contributed by atoms with Gasteiger partial charge in [0, 0.05) is 52.7 Å². The topological polar surface area (TPSA) is 48.4 Å². The molecule has 0 aliphatic carbocycles. The molecule has 2 aromatic rings. The molecule has 0 saturated carbocycles. The van der Waals surface area contributed by atoms with Crippen LogP contribution in [0.1, 0.15) is 24.1 Å². The third-order valence-corrected chi connectivity index (χ3v) is 4.95. The largest absolute Gasteiger partial charge is 0.433 e. The zero-order chi connectivity index (χ0) is 20.3. The molecule has 0 aromatic carbocycles. The zero-order valence-corrected chi connectivity index (χ0v) is 16.3. The molecule has 3 rings (SSSR count). The molecule has 1 aliphatic rings. The number of hydrogen-bond acceptors (Lipinski definition) is 6. The summed E-state index contributed by atoms with van der Waals surface area (Å²) in [6, 6.07) is 4.66. The lowest BCUT2D eigenvalue weighted by Crippen LogP contribution is -2.46. The van der Waals surface area contributed by atoms with Gasteiger partial charge in [0.05, 0.1) is 0 Å². The van der Waals surface area contributed by atoms with Gasteiger partial charge in [0.25, 0.3) is 0 Å². The SMILES string of the molecule is CN(C)c1ccnc(N(C)C2CCCN(Cc3ccc(C(F)(F)F)nc3)C2)n1. The standard InChI is InChI=1S/C19H25F3N6/c1-26(2)17-8-9-23-18(25-17)27(3)15-5-4-10-28(13-15)12-14-6-7-16(24-11-14)19(20,21)22/h6-9,11,15H,4-5,10,12-13H2,1-3H3. The van der Waals surface area contributed by atoms with Crippen molar-refractivity contribution in [3.63, 3.8) is 0 Å². The first-order chi connectivity index (χ1) is 13.2. The van der Waals surface area contributed by atoms with Gasteiger partial charge in [-0.05, 0) is 37.1 Å². The summed E-state index contributed by atoms with van der Waals surface area (Å²) in [5, 5.41) is 0. The van der Waals surface area contributed by atoms with Crippen LogP contribution in [0.5, 0.6) is 0 Å². The normalized spacial score (nSPS) is 18.1. The van der Waals surface area contributed by atoms with Crippen LogP contribution >= 0.6 is 0 Å². The molecular weight excluding hydrogens is 369 g/mol. The molecular formula is C19H25F3N6. The van der Waals surface area contributed by atoms with Crippen molar-refractivity contribution in [2.75, 3.05) is 44.0 Å². The molecule has 0 spiro atoms. The minimum absolute atomic E-state index is 0.244. The fourth-order valence-corrected chi connectivity index (χ4v) is 3.36. The number of piperidine rings is 1. The van der Waals surface area contributed by atoms with E-state index in [9.17, 15) is 13.2 Å². The monoisotopic (exact) mass is 394 g/mol. The lowest BCUT2D eigenvalue weighted by atomic mass is 10.0. The maximum Gasteiger partial charge on any atom is 0.433 e. The number of hydrogen-bond donors (Lipinski definition) is 0. The molecule has 1 atom stereocenters. The first kappa shape index (κ1) is 20.3. The maximum atomic E-state index is 12.7. The lowest BCUT2D eigenvalue weighted by Gasteiger charge is -2.37. The van der Waals surface area contributed by atoms with Crippen molar-refractivity contribution in [1.29, 1.82) is 0 Å². The number of likely N-dealkylation sites (N-methyl/N-ethyl adjacent to an activating group) is 1. The predicted molar refractivity (Wildman–Crippen MR) is 102 cm³/mol. The van der Waals surface area contributed by atoms with Crippen LogP contribution < -0.4 is 9.80 Å². The van der Waals surface area contributed by atoms with Crippen molar-refractivity contribution in [2.24, 2.45) is 0 Å². The molecule has 0 amide bonds. The number of halogens is 3. The summed E-state index contributed by atoms with van der Waals surface area (Å²) >= 11 is 0. The van der Waals surface area contributed by atoms with E-state index < -0.39 is 11.9 Å². The Kier molecular flexibility index (Phi) is 6.02. The van der Waals surface area contributed by atoms with Crippen LogP contribution in [0.15, 0.2) is 30.6 Å². The summed E-state index contributed by atoms with van der Waals surface area (Å²) in [4.78, 5) is 18.8. The Morgan fingerprint density at radius 2 is 1.93 bits per heavy atom. The highest BCUT2D eigenvalue weighted by Gasteiger charge is 2.32. The third-order valence-electron chi connectivity index (χ3n) is 4.95. The molecule has 28 heavy (non-hydrogen) atoms.